The van der Waals surface area contributed by atoms with Crippen molar-refractivity contribution in [3.63, 3.8) is 0 Å². The average molecular weight is 317 g/mol. The van der Waals surface area contributed by atoms with Gasteiger partial charge in [0.1, 0.15) is 0 Å². The lowest BCUT2D eigenvalue weighted by molar-refractivity contribution is 0.0608. The van der Waals surface area contributed by atoms with E-state index in [-0.39, 0.29) is 11.9 Å². The molecule has 1 aliphatic heterocycles. The number of carbonyl (C=O) groups is 1. The van der Waals surface area contributed by atoms with Crippen LogP contribution in [0.1, 0.15) is 29.1 Å². The molecule has 0 unspecified atom stereocenters. The summed E-state index contributed by atoms with van der Waals surface area (Å²) < 4.78 is 7.17. The molecule has 1 saturated heterocycles. The summed E-state index contributed by atoms with van der Waals surface area (Å²) in [5.74, 6) is 0.281. The monoisotopic (exact) mass is 317 g/mol. The second-order valence-corrected chi connectivity index (χ2v) is 6.02. The molecule has 7 nitrogen and oxygen atoms in total. The first-order valence-corrected chi connectivity index (χ1v) is 8.02. The van der Waals surface area contributed by atoms with Crippen molar-refractivity contribution in [2.75, 3.05) is 26.7 Å². The standard InChI is InChI=1S/C16H23N5O2/c1-13-15(23-12-17-13)16(22)19(2)14-4-8-20(9-5-14)10-11-21-7-3-6-18-21/h3,6-7,12,14H,4-5,8-11H2,1-2H3. The van der Waals surface area contributed by atoms with Gasteiger partial charge in [-0.2, -0.15) is 5.10 Å². The number of hydrogen-bond donors (Lipinski definition) is 0. The van der Waals surface area contributed by atoms with Crippen LogP contribution in [-0.2, 0) is 6.54 Å². The van der Waals surface area contributed by atoms with Crippen LogP contribution in [0.15, 0.2) is 29.3 Å². The zero-order valence-corrected chi connectivity index (χ0v) is 13.7. The molecule has 1 aliphatic rings. The Labute approximate surface area is 135 Å². The fraction of sp³-hybridized carbons (Fsp3) is 0.562. The molecule has 23 heavy (non-hydrogen) atoms. The Kier molecular flexibility index (Phi) is 4.76. The first kappa shape index (κ1) is 15.7. The quantitative estimate of drug-likeness (QED) is 0.834. The van der Waals surface area contributed by atoms with E-state index in [4.69, 9.17) is 4.42 Å². The molecule has 0 radical (unpaired) electrons. The molecule has 0 bridgehead atoms. The molecule has 7 heteroatoms. The molecule has 0 saturated carbocycles. The number of nitrogens with zero attached hydrogens (tertiary/aromatic N) is 5. The molecule has 124 valence electrons. The van der Waals surface area contributed by atoms with Gasteiger partial charge >= 0.3 is 0 Å². The minimum atomic E-state index is -0.0741. The van der Waals surface area contributed by atoms with Crippen LogP contribution in [0.25, 0.3) is 0 Å². The third-order valence-corrected chi connectivity index (χ3v) is 4.57. The first-order valence-electron chi connectivity index (χ1n) is 8.02. The summed E-state index contributed by atoms with van der Waals surface area (Å²) in [7, 11) is 1.86. The van der Waals surface area contributed by atoms with Gasteiger partial charge in [-0.3, -0.25) is 9.48 Å². The van der Waals surface area contributed by atoms with Crippen LogP contribution in [0, 0.1) is 6.92 Å². The van der Waals surface area contributed by atoms with Gasteiger partial charge in [0.15, 0.2) is 6.39 Å². The SMILES string of the molecule is Cc1ncoc1C(=O)N(C)C1CCN(CCn2cccn2)CC1. The third-order valence-electron chi connectivity index (χ3n) is 4.57. The molecule has 0 atom stereocenters. The van der Waals surface area contributed by atoms with Crippen molar-refractivity contribution >= 4 is 5.91 Å². The molecule has 0 aliphatic carbocycles. The number of likely N-dealkylation sites (tertiary alicyclic amines) is 1. The van der Waals surface area contributed by atoms with Crippen molar-refractivity contribution in [2.24, 2.45) is 0 Å². The molecular weight excluding hydrogens is 294 g/mol. The van der Waals surface area contributed by atoms with E-state index < -0.39 is 0 Å². The van der Waals surface area contributed by atoms with E-state index in [1.807, 2.05) is 24.0 Å². The number of rotatable bonds is 5. The predicted octanol–water partition coefficient (Wildman–Crippen LogP) is 1.42. The number of carbonyl (C=O) groups excluding carboxylic acids is 1. The van der Waals surface area contributed by atoms with E-state index in [1.165, 1.54) is 6.39 Å². The van der Waals surface area contributed by atoms with Crippen molar-refractivity contribution in [3.8, 4) is 0 Å². The van der Waals surface area contributed by atoms with Gasteiger partial charge in [0.25, 0.3) is 5.91 Å². The van der Waals surface area contributed by atoms with Crippen molar-refractivity contribution < 1.29 is 9.21 Å². The smallest absolute Gasteiger partial charge is 0.291 e. The maximum atomic E-state index is 12.5. The number of hydrogen-bond acceptors (Lipinski definition) is 5. The lowest BCUT2D eigenvalue weighted by Gasteiger charge is -2.36. The Morgan fingerprint density at radius 1 is 1.39 bits per heavy atom. The fourth-order valence-corrected chi connectivity index (χ4v) is 3.04. The molecule has 0 N–H and O–H groups in total. The molecule has 3 rings (SSSR count). The molecule has 2 aromatic heterocycles. The van der Waals surface area contributed by atoms with E-state index in [1.54, 1.807) is 18.0 Å². The summed E-state index contributed by atoms with van der Waals surface area (Å²) in [6, 6.07) is 2.20. The molecular formula is C16H23N5O2. The molecule has 3 heterocycles. The molecule has 0 aromatic carbocycles. The second-order valence-electron chi connectivity index (χ2n) is 6.02. The molecule has 0 spiro atoms. The Hall–Kier alpha value is -2.15. The topological polar surface area (TPSA) is 67.4 Å². The van der Waals surface area contributed by atoms with Crippen molar-refractivity contribution in [1.29, 1.82) is 0 Å². The summed E-state index contributed by atoms with van der Waals surface area (Å²) >= 11 is 0. The first-order chi connectivity index (χ1) is 11.1. The van der Waals surface area contributed by atoms with Crippen LogP contribution >= 0.6 is 0 Å². The van der Waals surface area contributed by atoms with Gasteiger partial charge in [0.05, 0.1) is 12.2 Å². The van der Waals surface area contributed by atoms with Gasteiger partial charge in [-0.15, -0.1) is 0 Å². The van der Waals surface area contributed by atoms with Gasteiger partial charge < -0.3 is 14.2 Å². The molecule has 1 amide bonds. The number of amides is 1. The van der Waals surface area contributed by atoms with Crippen LogP contribution in [-0.4, -0.2) is 63.2 Å². The van der Waals surface area contributed by atoms with Crippen LogP contribution in [0.3, 0.4) is 0 Å². The number of piperidine rings is 1. The molecule has 1 fully saturated rings. The van der Waals surface area contributed by atoms with Gasteiger partial charge in [0.2, 0.25) is 5.76 Å². The number of aryl methyl sites for hydroxylation is 1. The van der Waals surface area contributed by atoms with E-state index in [0.29, 0.717) is 11.5 Å². The number of oxazole rings is 1. The molecule has 2 aromatic rings. The maximum Gasteiger partial charge on any atom is 0.291 e. The zero-order chi connectivity index (χ0) is 16.2. The van der Waals surface area contributed by atoms with Crippen LogP contribution < -0.4 is 0 Å². The van der Waals surface area contributed by atoms with E-state index in [2.05, 4.69) is 15.0 Å². The van der Waals surface area contributed by atoms with E-state index in [0.717, 1.165) is 39.0 Å². The Morgan fingerprint density at radius 3 is 2.78 bits per heavy atom. The van der Waals surface area contributed by atoms with Crippen molar-refractivity contribution in [2.45, 2.75) is 32.4 Å². The second kappa shape index (κ2) is 6.95. The van der Waals surface area contributed by atoms with Crippen LogP contribution in [0.5, 0.6) is 0 Å². The third kappa shape index (κ3) is 3.61. The van der Waals surface area contributed by atoms with Crippen molar-refractivity contribution in [1.82, 2.24) is 24.6 Å². The van der Waals surface area contributed by atoms with Gasteiger partial charge in [-0.1, -0.05) is 0 Å². The summed E-state index contributed by atoms with van der Waals surface area (Å²) in [4.78, 5) is 20.7. The van der Waals surface area contributed by atoms with E-state index >= 15 is 0 Å². The number of aromatic nitrogens is 3. The summed E-state index contributed by atoms with van der Waals surface area (Å²) in [5, 5.41) is 4.22. The minimum absolute atomic E-state index is 0.0741. The summed E-state index contributed by atoms with van der Waals surface area (Å²) in [5.41, 5.74) is 0.651. The average Bonchev–Trinajstić information content (AvgIpc) is 3.23. The summed E-state index contributed by atoms with van der Waals surface area (Å²) in [6.45, 7) is 5.69. The van der Waals surface area contributed by atoms with Gasteiger partial charge in [-0.25, -0.2) is 4.98 Å². The maximum absolute atomic E-state index is 12.5. The Bertz CT molecular complexity index is 629. The highest BCUT2D eigenvalue weighted by atomic mass is 16.3. The Morgan fingerprint density at radius 2 is 2.17 bits per heavy atom. The van der Waals surface area contributed by atoms with Gasteiger partial charge in [0, 0.05) is 45.1 Å². The Balaban J connectivity index is 1.48. The van der Waals surface area contributed by atoms with Crippen molar-refractivity contribution in [3.05, 3.63) is 36.3 Å². The summed E-state index contributed by atoms with van der Waals surface area (Å²) in [6.07, 6.45) is 7.08. The highest BCUT2D eigenvalue weighted by molar-refractivity contribution is 5.92. The van der Waals surface area contributed by atoms with Crippen LogP contribution in [0.2, 0.25) is 0 Å². The fourth-order valence-electron chi connectivity index (χ4n) is 3.04. The van der Waals surface area contributed by atoms with Gasteiger partial charge in [-0.05, 0) is 25.8 Å². The highest BCUT2D eigenvalue weighted by Crippen LogP contribution is 2.18. The lowest BCUT2D eigenvalue weighted by Crippen LogP contribution is -2.46. The normalized spacial score (nSPS) is 16.6. The highest BCUT2D eigenvalue weighted by Gasteiger charge is 2.28. The zero-order valence-electron chi connectivity index (χ0n) is 13.7. The van der Waals surface area contributed by atoms with E-state index in [9.17, 15) is 4.79 Å². The predicted molar refractivity (Wildman–Crippen MR) is 85.0 cm³/mol. The lowest BCUT2D eigenvalue weighted by atomic mass is 10.0. The minimum Gasteiger partial charge on any atom is -0.438 e. The van der Waals surface area contributed by atoms with Crippen LogP contribution in [0.4, 0.5) is 0 Å². The largest absolute Gasteiger partial charge is 0.438 e.